The summed E-state index contributed by atoms with van der Waals surface area (Å²) in [5.41, 5.74) is 0.607. The maximum atomic E-state index is 13.5. The molecule has 0 spiro atoms. The van der Waals surface area contributed by atoms with E-state index in [0.29, 0.717) is 16.9 Å². The average molecular weight is 283 g/mol. The monoisotopic (exact) mass is 282 g/mol. The molecule has 19 heavy (non-hydrogen) atoms. The molecule has 0 aliphatic heterocycles. The molecule has 0 saturated carbocycles. The summed E-state index contributed by atoms with van der Waals surface area (Å²) < 4.78 is 32.1. The Labute approximate surface area is 113 Å². The summed E-state index contributed by atoms with van der Waals surface area (Å²) in [6.45, 7) is -0.0190. The van der Waals surface area contributed by atoms with Gasteiger partial charge in [0.05, 0.1) is 0 Å². The number of carbonyl (C=O) groups excluding carboxylic acids is 1. The normalized spacial score (nSPS) is 10.3. The molecule has 0 unspecified atom stereocenters. The average Bonchev–Trinajstić information content (AvgIpc) is 2.37. The quantitative estimate of drug-likeness (QED) is 0.792. The van der Waals surface area contributed by atoms with Gasteiger partial charge in [0.1, 0.15) is 12.9 Å². The van der Waals surface area contributed by atoms with Crippen molar-refractivity contribution in [2.24, 2.45) is 0 Å². The zero-order chi connectivity index (χ0) is 13.8. The van der Waals surface area contributed by atoms with E-state index < -0.39 is 17.4 Å². The van der Waals surface area contributed by atoms with E-state index in [4.69, 9.17) is 16.3 Å². The van der Waals surface area contributed by atoms with Crippen molar-refractivity contribution in [3.05, 3.63) is 64.2 Å². The lowest BCUT2D eigenvalue weighted by Gasteiger charge is -2.09. The molecule has 2 rings (SSSR count). The number of hydrogen-bond donors (Lipinski definition) is 0. The van der Waals surface area contributed by atoms with Crippen LogP contribution >= 0.6 is 11.6 Å². The molecule has 0 aromatic heterocycles. The molecule has 98 valence electrons. The van der Waals surface area contributed by atoms with Gasteiger partial charge in [-0.3, -0.25) is 4.79 Å². The van der Waals surface area contributed by atoms with Crippen LogP contribution in [0.3, 0.4) is 0 Å². The lowest BCUT2D eigenvalue weighted by molar-refractivity contribution is 0.112. The van der Waals surface area contributed by atoms with Crippen molar-refractivity contribution in [2.45, 2.75) is 6.61 Å². The second kappa shape index (κ2) is 5.80. The number of halogens is 3. The van der Waals surface area contributed by atoms with Crippen molar-refractivity contribution < 1.29 is 18.3 Å². The highest BCUT2D eigenvalue weighted by Gasteiger charge is 2.12. The molecule has 2 aromatic rings. The number of aldehydes is 1. The lowest BCUT2D eigenvalue weighted by Crippen LogP contribution is -2.01. The van der Waals surface area contributed by atoms with Gasteiger partial charge in [-0.2, -0.15) is 0 Å². The minimum absolute atomic E-state index is 0.0190. The van der Waals surface area contributed by atoms with Crippen LogP contribution in [-0.4, -0.2) is 6.29 Å². The van der Waals surface area contributed by atoms with Gasteiger partial charge in [0.25, 0.3) is 0 Å². The van der Waals surface area contributed by atoms with Gasteiger partial charge in [-0.25, -0.2) is 8.78 Å². The van der Waals surface area contributed by atoms with E-state index in [1.165, 1.54) is 0 Å². The third-order valence-corrected chi connectivity index (χ3v) is 2.66. The van der Waals surface area contributed by atoms with E-state index in [1.807, 2.05) is 0 Å². The summed E-state index contributed by atoms with van der Waals surface area (Å²) in [5, 5.41) is 0.512. The molecule has 0 saturated heterocycles. The molecule has 0 bridgehead atoms. The molecule has 0 atom stereocenters. The second-order valence-corrected chi connectivity index (χ2v) is 4.29. The first-order valence-electron chi connectivity index (χ1n) is 5.41. The van der Waals surface area contributed by atoms with Gasteiger partial charge < -0.3 is 4.74 Å². The molecule has 0 aliphatic carbocycles. The fourth-order valence-electron chi connectivity index (χ4n) is 1.57. The Morgan fingerprint density at radius 3 is 2.42 bits per heavy atom. The highest BCUT2D eigenvalue weighted by molar-refractivity contribution is 6.30. The Morgan fingerprint density at radius 1 is 1.16 bits per heavy atom. The molecule has 2 aromatic carbocycles. The first-order chi connectivity index (χ1) is 9.10. The van der Waals surface area contributed by atoms with Gasteiger partial charge in [-0.1, -0.05) is 23.7 Å². The van der Waals surface area contributed by atoms with Crippen LogP contribution in [0.15, 0.2) is 36.4 Å². The van der Waals surface area contributed by atoms with Gasteiger partial charge in [0, 0.05) is 10.6 Å². The minimum Gasteiger partial charge on any atom is -0.483 e. The lowest BCUT2D eigenvalue weighted by atomic mass is 10.2. The molecular formula is C14H9ClF2O2. The number of benzene rings is 2. The Morgan fingerprint density at radius 2 is 1.84 bits per heavy atom. The van der Waals surface area contributed by atoms with Crippen molar-refractivity contribution in [1.82, 2.24) is 0 Å². The maximum Gasteiger partial charge on any atom is 0.191 e. The van der Waals surface area contributed by atoms with Crippen LogP contribution in [0.4, 0.5) is 8.78 Å². The number of carbonyl (C=O) groups is 1. The Hall–Kier alpha value is -1.94. The molecule has 0 aliphatic rings. The first-order valence-corrected chi connectivity index (χ1v) is 5.79. The molecule has 5 heteroatoms. The number of hydrogen-bond acceptors (Lipinski definition) is 2. The van der Waals surface area contributed by atoms with E-state index in [1.54, 1.807) is 24.3 Å². The summed E-state index contributed by atoms with van der Waals surface area (Å²) in [4.78, 5) is 10.5. The van der Waals surface area contributed by atoms with Crippen molar-refractivity contribution in [3.63, 3.8) is 0 Å². The van der Waals surface area contributed by atoms with E-state index >= 15 is 0 Å². The maximum absolute atomic E-state index is 13.5. The third-order valence-electron chi connectivity index (χ3n) is 2.43. The summed E-state index contributed by atoms with van der Waals surface area (Å²) in [6, 6.07) is 8.60. The number of rotatable bonds is 4. The topological polar surface area (TPSA) is 26.3 Å². The summed E-state index contributed by atoms with van der Waals surface area (Å²) in [6.07, 6.45) is 0.368. The number of ether oxygens (including phenoxy) is 1. The van der Waals surface area contributed by atoms with E-state index in [9.17, 15) is 13.6 Å². The first kappa shape index (κ1) is 13.5. The summed E-state index contributed by atoms with van der Waals surface area (Å²) in [5.74, 6) is -2.33. The van der Waals surface area contributed by atoms with Gasteiger partial charge in [0.15, 0.2) is 17.4 Å². The fraction of sp³-hybridized carbons (Fsp3) is 0.0714. The zero-order valence-electron chi connectivity index (χ0n) is 9.70. The van der Waals surface area contributed by atoms with Gasteiger partial charge in [-0.15, -0.1) is 0 Å². The third kappa shape index (κ3) is 3.29. The van der Waals surface area contributed by atoms with Gasteiger partial charge in [-0.05, 0) is 29.8 Å². The molecule has 0 radical (unpaired) electrons. The van der Waals surface area contributed by atoms with E-state index in [2.05, 4.69) is 0 Å². The molecular weight excluding hydrogens is 274 g/mol. The van der Waals surface area contributed by atoms with Gasteiger partial charge >= 0.3 is 0 Å². The van der Waals surface area contributed by atoms with Crippen LogP contribution < -0.4 is 4.74 Å². The van der Waals surface area contributed by atoms with Crippen molar-refractivity contribution in [2.75, 3.05) is 0 Å². The smallest absolute Gasteiger partial charge is 0.191 e. The van der Waals surface area contributed by atoms with E-state index in [0.717, 1.165) is 12.1 Å². The van der Waals surface area contributed by atoms with Crippen LogP contribution in [0.2, 0.25) is 5.02 Å². The van der Waals surface area contributed by atoms with Crippen LogP contribution in [0.5, 0.6) is 5.75 Å². The fourth-order valence-corrected chi connectivity index (χ4v) is 1.78. The van der Waals surface area contributed by atoms with Crippen LogP contribution in [0, 0.1) is 11.6 Å². The van der Waals surface area contributed by atoms with Crippen LogP contribution in [0.25, 0.3) is 0 Å². The van der Waals surface area contributed by atoms with Crippen molar-refractivity contribution in [3.8, 4) is 5.75 Å². The molecule has 0 heterocycles. The Bertz CT molecular complexity index is 591. The molecule has 2 nitrogen and oxygen atoms in total. The zero-order valence-corrected chi connectivity index (χ0v) is 10.5. The van der Waals surface area contributed by atoms with Crippen LogP contribution in [0.1, 0.15) is 15.9 Å². The summed E-state index contributed by atoms with van der Waals surface area (Å²) in [7, 11) is 0. The second-order valence-electron chi connectivity index (χ2n) is 3.85. The highest BCUT2D eigenvalue weighted by Crippen LogP contribution is 2.24. The largest absolute Gasteiger partial charge is 0.483 e. The predicted octanol–water partition coefficient (Wildman–Crippen LogP) is 4.01. The van der Waals surface area contributed by atoms with Crippen molar-refractivity contribution in [1.29, 1.82) is 0 Å². The standard InChI is InChI=1S/C14H9ClF2O2/c15-11-3-1-2-9(4-11)8-19-14-12(16)5-10(7-18)6-13(14)17/h1-7H,8H2. The van der Waals surface area contributed by atoms with Gasteiger partial charge in [0.2, 0.25) is 0 Å². The molecule has 0 amide bonds. The Balaban J connectivity index is 2.18. The minimum atomic E-state index is -0.913. The molecule has 0 N–H and O–H groups in total. The SMILES string of the molecule is O=Cc1cc(F)c(OCc2cccc(Cl)c2)c(F)c1. The predicted molar refractivity (Wildman–Crippen MR) is 67.5 cm³/mol. The molecule has 0 fully saturated rings. The highest BCUT2D eigenvalue weighted by atomic mass is 35.5. The van der Waals surface area contributed by atoms with Crippen molar-refractivity contribution >= 4 is 17.9 Å². The van der Waals surface area contributed by atoms with Crippen LogP contribution in [-0.2, 0) is 6.61 Å². The summed E-state index contributed by atoms with van der Waals surface area (Å²) >= 11 is 5.79. The van der Waals surface area contributed by atoms with E-state index in [-0.39, 0.29) is 12.2 Å². The Kier molecular flexibility index (Phi) is 4.12.